The van der Waals surface area contributed by atoms with Crippen LogP contribution in [0.5, 0.6) is 11.5 Å². The van der Waals surface area contributed by atoms with Gasteiger partial charge in [0.05, 0.1) is 13.7 Å². The van der Waals surface area contributed by atoms with E-state index in [-0.39, 0.29) is 0 Å². The number of halogens is 2. The van der Waals surface area contributed by atoms with E-state index in [1.807, 2.05) is 43.3 Å². The summed E-state index contributed by atoms with van der Waals surface area (Å²) >= 11 is 14.9. The zero-order valence-corrected chi connectivity index (χ0v) is 18.6. The molecule has 0 radical (unpaired) electrons. The molecule has 0 saturated heterocycles. The van der Waals surface area contributed by atoms with Crippen molar-refractivity contribution in [2.45, 2.75) is 26.5 Å². The summed E-state index contributed by atoms with van der Waals surface area (Å²) in [4.78, 5) is 0. The molecule has 2 N–H and O–H groups in total. The Morgan fingerprint density at radius 1 is 1.29 bits per heavy atom. The smallest absolute Gasteiger partial charge is 0.214 e. The summed E-state index contributed by atoms with van der Waals surface area (Å²) in [6.45, 7) is 2.95. The summed E-state index contributed by atoms with van der Waals surface area (Å²) in [5, 5.41) is 7.67. The summed E-state index contributed by atoms with van der Waals surface area (Å²) in [5.74, 6) is 2.13. The number of benzene rings is 2. The number of ether oxygens (including phenoxy) is 2. The number of hydrogen-bond acceptors (Lipinski definition) is 5. The number of aromatic amines is 1. The van der Waals surface area contributed by atoms with Crippen molar-refractivity contribution in [1.29, 1.82) is 0 Å². The molecule has 0 fully saturated rings. The van der Waals surface area contributed by atoms with Gasteiger partial charge < -0.3 is 14.9 Å². The Morgan fingerprint density at radius 2 is 2.11 bits per heavy atom. The van der Waals surface area contributed by atoms with E-state index in [2.05, 4.69) is 31.6 Å². The van der Waals surface area contributed by atoms with Gasteiger partial charge in [0.2, 0.25) is 4.77 Å². The average Bonchev–Trinajstić information content (AvgIpc) is 3.05. The van der Waals surface area contributed by atoms with Crippen LogP contribution >= 0.6 is 39.7 Å². The number of nitrogens with zero attached hydrogens (tertiary/aromatic N) is 2. The van der Waals surface area contributed by atoms with Crippen molar-refractivity contribution in [3.8, 4) is 11.5 Å². The van der Waals surface area contributed by atoms with Crippen molar-refractivity contribution in [3.05, 3.63) is 67.6 Å². The maximum atomic E-state index is 6.03. The molecule has 0 aliphatic rings. The van der Waals surface area contributed by atoms with Crippen molar-refractivity contribution in [2.24, 2.45) is 0 Å². The summed E-state index contributed by atoms with van der Waals surface area (Å²) in [6.07, 6.45) is 0.765. The zero-order chi connectivity index (χ0) is 20.1. The first-order valence-corrected chi connectivity index (χ1v) is 10.2. The second kappa shape index (κ2) is 9.45. The largest absolute Gasteiger partial charge is 0.493 e. The molecule has 28 heavy (non-hydrogen) atoms. The van der Waals surface area contributed by atoms with E-state index in [9.17, 15) is 0 Å². The highest BCUT2D eigenvalue weighted by Crippen LogP contribution is 2.34. The van der Waals surface area contributed by atoms with Crippen molar-refractivity contribution < 1.29 is 9.47 Å². The van der Waals surface area contributed by atoms with Gasteiger partial charge in [-0.3, -0.25) is 5.10 Å². The van der Waals surface area contributed by atoms with Crippen molar-refractivity contribution >= 4 is 39.7 Å². The standard InChI is InChI=1S/C19H20BrClN4O2S/c1-3-18-23-24-19(28)25(18)22-10-13-8-16(26-2)17(9-15(13)20)27-11-12-5-4-6-14(21)7-12/h4-9,22H,3,10-11H2,1-2H3,(H,24,28). The predicted octanol–water partition coefficient (Wildman–Crippen LogP) is 5.25. The number of methoxy groups -OCH3 is 1. The van der Waals surface area contributed by atoms with Gasteiger partial charge in [-0.2, -0.15) is 5.10 Å². The molecule has 0 aliphatic carbocycles. The molecule has 148 valence electrons. The molecule has 9 heteroatoms. The Morgan fingerprint density at radius 3 is 2.82 bits per heavy atom. The first kappa shape index (κ1) is 20.7. The lowest BCUT2D eigenvalue weighted by Gasteiger charge is -2.15. The second-order valence-corrected chi connectivity index (χ2v) is 7.66. The Balaban J connectivity index is 1.75. The minimum Gasteiger partial charge on any atom is -0.493 e. The molecule has 1 aromatic heterocycles. The predicted molar refractivity (Wildman–Crippen MR) is 116 cm³/mol. The Labute approximate surface area is 181 Å². The summed E-state index contributed by atoms with van der Waals surface area (Å²) in [6, 6.07) is 11.4. The molecule has 0 bridgehead atoms. The van der Waals surface area contributed by atoms with Crippen LogP contribution in [0, 0.1) is 4.77 Å². The van der Waals surface area contributed by atoms with Gasteiger partial charge in [0.25, 0.3) is 0 Å². The molecule has 0 aliphatic heterocycles. The number of rotatable bonds is 8. The quantitative estimate of drug-likeness (QED) is 0.428. The molecule has 0 spiro atoms. The van der Waals surface area contributed by atoms with Gasteiger partial charge in [-0.1, -0.05) is 46.6 Å². The van der Waals surface area contributed by atoms with Gasteiger partial charge in [-0.25, -0.2) is 4.68 Å². The van der Waals surface area contributed by atoms with E-state index in [0.717, 1.165) is 27.8 Å². The van der Waals surface area contributed by atoms with Crippen LogP contribution in [-0.2, 0) is 19.6 Å². The fourth-order valence-electron chi connectivity index (χ4n) is 2.67. The molecular formula is C19H20BrClN4O2S. The molecule has 0 saturated carbocycles. The highest BCUT2D eigenvalue weighted by Gasteiger charge is 2.12. The number of aromatic nitrogens is 3. The molecule has 1 heterocycles. The first-order valence-electron chi connectivity index (χ1n) is 8.65. The Kier molecular flexibility index (Phi) is 6.98. The molecule has 3 rings (SSSR count). The van der Waals surface area contributed by atoms with Crippen LogP contribution in [0.3, 0.4) is 0 Å². The maximum absolute atomic E-state index is 6.03. The number of nitrogens with one attached hydrogen (secondary N) is 2. The van der Waals surface area contributed by atoms with Gasteiger partial charge >= 0.3 is 0 Å². The van der Waals surface area contributed by atoms with Crippen LogP contribution in [0.1, 0.15) is 23.9 Å². The fraction of sp³-hybridized carbons (Fsp3) is 0.263. The second-order valence-electron chi connectivity index (χ2n) is 5.98. The molecule has 0 atom stereocenters. The highest BCUT2D eigenvalue weighted by atomic mass is 79.9. The van der Waals surface area contributed by atoms with Gasteiger partial charge in [0.15, 0.2) is 17.3 Å². The zero-order valence-electron chi connectivity index (χ0n) is 15.5. The van der Waals surface area contributed by atoms with Crippen LogP contribution in [0.15, 0.2) is 40.9 Å². The highest BCUT2D eigenvalue weighted by molar-refractivity contribution is 9.10. The van der Waals surface area contributed by atoms with E-state index >= 15 is 0 Å². The third-order valence-electron chi connectivity index (χ3n) is 4.10. The molecule has 0 unspecified atom stereocenters. The Bertz CT molecular complexity index is 1020. The molecule has 2 aromatic carbocycles. The minimum atomic E-state index is 0.394. The van der Waals surface area contributed by atoms with Gasteiger partial charge in [0.1, 0.15) is 6.61 Å². The van der Waals surface area contributed by atoms with Gasteiger partial charge in [-0.15, -0.1) is 0 Å². The van der Waals surface area contributed by atoms with E-state index in [1.54, 1.807) is 11.8 Å². The molecule has 3 aromatic rings. The van der Waals surface area contributed by atoms with Crippen LogP contribution < -0.4 is 14.9 Å². The third kappa shape index (κ3) is 4.87. The summed E-state index contributed by atoms with van der Waals surface area (Å²) in [7, 11) is 1.62. The van der Waals surface area contributed by atoms with Crippen LogP contribution in [-0.4, -0.2) is 22.0 Å². The third-order valence-corrected chi connectivity index (χ3v) is 5.35. The topological polar surface area (TPSA) is 64.1 Å². The normalized spacial score (nSPS) is 10.7. The van der Waals surface area contributed by atoms with E-state index in [4.69, 9.17) is 33.3 Å². The van der Waals surface area contributed by atoms with E-state index in [1.165, 1.54) is 0 Å². The van der Waals surface area contributed by atoms with Crippen molar-refractivity contribution in [3.63, 3.8) is 0 Å². The lowest BCUT2D eigenvalue weighted by Crippen LogP contribution is -2.17. The molecular weight excluding hydrogens is 464 g/mol. The number of aryl methyl sites for hydroxylation is 1. The van der Waals surface area contributed by atoms with Crippen molar-refractivity contribution in [2.75, 3.05) is 12.5 Å². The van der Waals surface area contributed by atoms with E-state index in [0.29, 0.717) is 34.4 Å². The van der Waals surface area contributed by atoms with Crippen molar-refractivity contribution in [1.82, 2.24) is 14.9 Å². The Hall–Kier alpha value is -2.03. The van der Waals surface area contributed by atoms with E-state index < -0.39 is 0 Å². The minimum absolute atomic E-state index is 0.394. The van der Waals surface area contributed by atoms with Crippen LogP contribution in [0.4, 0.5) is 0 Å². The summed E-state index contributed by atoms with van der Waals surface area (Å²) in [5.41, 5.74) is 5.26. The van der Waals surface area contributed by atoms with Crippen LogP contribution in [0.2, 0.25) is 5.02 Å². The first-order chi connectivity index (χ1) is 13.5. The van der Waals surface area contributed by atoms with Crippen LogP contribution in [0.25, 0.3) is 0 Å². The fourth-order valence-corrected chi connectivity index (χ4v) is 3.56. The lowest BCUT2D eigenvalue weighted by molar-refractivity contribution is 0.284. The van der Waals surface area contributed by atoms with Gasteiger partial charge in [0, 0.05) is 15.9 Å². The number of hydrogen-bond donors (Lipinski definition) is 2. The SMILES string of the molecule is CCc1n[nH]c(=S)n1NCc1cc(OC)c(OCc2cccc(Cl)c2)cc1Br. The molecule has 6 nitrogen and oxygen atoms in total. The monoisotopic (exact) mass is 482 g/mol. The molecule has 0 amide bonds. The van der Waals surface area contributed by atoms with Gasteiger partial charge in [-0.05, 0) is 47.6 Å². The summed E-state index contributed by atoms with van der Waals surface area (Å²) < 4.78 is 14.7. The maximum Gasteiger partial charge on any atom is 0.214 e. The lowest BCUT2D eigenvalue weighted by atomic mass is 10.2. The number of H-pyrrole nitrogens is 1. The average molecular weight is 484 g/mol.